The molecule has 2 rings (SSSR count). The minimum absolute atomic E-state index is 0.00241. The predicted octanol–water partition coefficient (Wildman–Crippen LogP) is 2.69. The summed E-state index contributed by atoms with van der Waals surface area (Å²) in [7, 11) is 0. The Morgan fingerprint density at radius 1 is 1.52 bits per heavy atom. The molecule has 122 valence electrons. The van der Waals surface area contributed by atoms with Gasteiger partial charge in [0.2, 0.25) is 5.91 Å². The molecule has 1 amide bonds. The van der Waals surface area contributed by atoms with E-state index < -0.39 is 16.8 Å². The van der Waals surface area contributed by atoms with Gasteiger partial charge in [-0.2, -0.15) is 0 Å². The number of ether oxygens (including phenoxy) is 1. The van der Waals surface area contributed by atoms with Crippen molar-refractivity contribution in [3.8, 4) is 0 Å². The first-order chi connectivity index (χ1) is 10.8. The normalized spacial score (nSPS) is 17.7. The standard InChI is InChI=1S/C15H15ClN2O5/c1-3-23-15(20)14-8(2)17-13(19)7-10(14)9-4-5-11(16)12(6-9)18(21)22/h4-6,10H,3,7H2,1-2H3,(H,17,19)/t10-/m0/s1. The Balaban J connectivity index is 2.52. The third kappa shape index (κ3) is 3.50. The molecule has 1 heterocycles. The Morgan fingerprint density at radius 2 is 2.22 bits per heavy atom. The second kappa shape index (κ2) is 6.78. The number of carbonyl (C=O) groups excluding carboxylic acids is 2. The molecule has 0 radical (unpaired) electrons. The zero-order chi connectivity index (χ0) is 17.1. The van der Waals surface area contributed by atoms with Crippen LogP contribution in [0.25, 0.3) is 0 Å². The van der Waals surface area contributed by atoms with Crippen LogP contribution in [0.5, 0.6) is 0 Å². The molecule has 7 nitrogen and oxygen atoms in total. The molecule has 8 heteroatoms. The minimum atomic E-state index is -0.612. The first-order valence-electron chi connectivity index (χ1n) is 6.96. The van der Waals surface area contributed by atoms with Gasteiger partial charge in [0.05, 0.1) is 17.1 Å². The van der Waals surface area contributed by atoms with Gasteiger partial charge in [-0.15, -0.1) is 0 Å². The lowest BCUT2D eigenvalue weighted by atomic mass is 9.84. The number of carbonyl (C=O) groups is 2. The molecule has 1 aromatic rings. The Morgan fingerprint density at radius 3 is 2.83 bits per heavy atom. The van der Waals surface area contributed by atoms with Crippen LogP contribution in [0.1, 0.15) is 31.7 Å². The highest BCUT2D eigenvalue weighted by molar-refractivity contribution is 6.32. The van der Waals surface area contributed by atoms with Crippen LogP contribution in [-0.2, 0) is 14.3 Å². The van der Waals surface area contributed by atoms with E-state index in [0.29, 0.717) is 16.8 Å². The molecule has 0 bridgehead atoms. The lowest BCUT2D eigenvalue weighted by Gasteiger charge is -2.26. The smallest absolute Gasteiger partial charge is 0.336 e. The van der Waals surface area contributed by atoms with E-state index in [1.807, 2.05) is 0 Å². The van der Waals surface area contributed by atoms with Crippen LogP contribution in [0, 0.1) is 10.1 Å². The summed E-state index contributed by atoms with van der Waals surface area (Å²) in [6, 6.07) is 4.25. The molecule has 1 aliphatic heterocycles. The van der Waals surface area contributed by atoms with E-state index in [0.717, 1.165) is 0 Å². The van der Waals surface area contributed by atoms with Crippen LogP contribution >= 0.6 is 11.6 Å². The molecule has 1 aromatic carbocycles. The quantitative estimate of drug-likeness (QED) is 0.517. The summed E-state index contributed by atoms with van der Waals surface area (Å²) in [4.78, 5) is 34.4. The van der Waals surface area contributed by atoms with Gasteiger partial charge in [-0.3, -0.25) is 14.9 Å². The fourth-order valence-corrected chi connectivity index (χ4v) is 2.74. The van der Waals surface area contributed by atoms with Crippen molar-refractivity contribution in [2.45, 2.75) is 26.2 Å². The van der Waals surface area contributed by atoms with Gasteiger partial charge >= 0.3 is 5.97 Å². The van der Waals surface area contributed by atoms with Gasteiger partial charge in [-0.05, 0) is 25.5 Å². The number of esters is 1. The Labute approximate surface area is 137 Å². The summed E-state index contributed by atoms with van der Waals surface area (Å²) in [5.41, 5.74) is 0.889. The Kier molecular flexibility index (Phi) is 5.00. The van der Waals surface area contributed by atoms with E-state index in [1.165, 1.54) is 12.1 Å². The second-order valence-electron chi connectivity index (χ2n) is 5.03. The number of nitrogens with zero attached hydrogens (tertiary/aromatic N) is 1. The topological polar surface area (TPSA) is 98.5 Å². The molecule has 1 N–H and O–H groups in total. The Hall–Kier alpha value is -2.41. The summed E-state index contributed by atoms with van der Waals surface area (Å²) < 4.78 is 5.03. The maximum atomic E-state index is 12.2. The van der Waals surface area contributed by atoms with Gasteiger partial charge < -0.3 is 10.1 Å². The minimum Gasteiger partial charge on any atom is -0.463 e. The lowest BCUT2D eigenvalue weighted by Crippen LogP contribution is -2.34. The van der Waals surface area contributed by atoms with Gasteiger partial charge in [-0.1, -0.05) is 17.7 Å². The number of amides is 1. The number of benzene rings is 1. The van der Waals surface area contributed by atoms with Crippen LogP contribution < -0.4 is 5.32 Å². The number of nitrogens with one attached hydrogen (secondary N) is 1. The van der Waals surface area contributed by atoms with E-state index in [9.17, 15) is 19.7 Å². The van der Waals surface area contributed by atoms with Gasteiger partial charge in [0.25, 0.3) is 5.69 Å². The third-order valence-electron chi connectivity index (χ3n) is 3.53. The molecule has 0 unspecified atom stereocenters. The van der Waals surface area contributed by atoms with E-state index >= 15 is 0 Å². The summed E-state index contributed by atoms with van der Waals surface area (Å²) in [5.74, 6) is -1.43. The van der Waals surface area contributed by atoms with E-state index in [1.54, 1.807) is 19.9 Å². The van der Waals surface area contributed by atoms with Crippen LogP contribution in [0.3, 0.4) is 0 Å². The van der Waals surface area contributed by atoms with Gasteiger partial charge in [0.1, 0.15) is 5.02 Å². The monoisotopic (exact) mass is 338 g/mol. The van der Waals surface area contributed by atoms with Gasteiger partial charge in [-0.25, -0.2) is 4.79 Å². The number of rotatable bonds is 4. The number of nitro benzene ring substituents is 1. The van der Waals surface area contributed by atoms with E-state index in [2.05, 4.69) is 5.32 Å². The molecule has 1 atom stereocenters. The van der Waals surface area contributed by atoms with Crippen LogP contribution in [-0.4, -0.2) is 23.4 Å². The van der Waals surface area contributed by atoms with Crippen molar-refractivity contribution in [2.75, 3.05) is 6.61 Å². The number of nitro groups is 1. The summed E-state index contributed by atoms with van der Waals surface area (Å²) in [6.07, 6.45) is 0.00424. The maximum absolute atomic E-state index is 12.2. The van der Waals surface area contributed by atoms with Crippen LogP contribution in [0.2, 0.25) is 5.02 Å². The van der Waals surface area contributed by atoms with Crippen molar-refractivity contribution < 1.29 is 19.2 Å². The van der Waals surface area contributed by atoms with Gasteiger partial charge in [0.15, 0.2) is 0 Å². The first kappa shape index (κ1) is 17.0. The molecule has 0 saturated carbocycles. The summed E-state index contributed by atoms with van der Waals surface area (Å²) in [6.45, 7) is 3.47. The van der Waals surface area contributed by atoms with Crippen LogP contribution in [0.4, 0.5) is 5.69 Å². The molecular weight excluding hydrogens is 324 g/mol. The fraction of sp³-hybridized carbons (Fsp3) is 0.333. The van der Waals surface area contributed by atoms with Crippen molar-refractivity contribution in [1.82, 2.24) is 5.32 Å². The van der Waals surface area contributed by atoms with Crippen molar-refractivity contribution >= 4 is 29.2 Å². The average Bonchev–Trinajstić information content (AvgIpc) is 2.46. The van der Waals surface area contributed by atoms with Gasteiger partial charge in [0, 0.05) is 24.1 Å². The molecule has 0 aliphatic carbocycles. The largest absolute Gasteiger partial charge is 0.463 e. The van der Waals surface area contributed by atoms with Crippen molar-refractivity contribution in [3.63, 3.8) is 0 Å². The number of allylic oxidation sites excluding steroid dienone is 1. The fourth-order valence-electron chi connectivity index (χ4n) is 2.55. The van der Waals surface area contributed by atoms with E-state index in [4.69, 9.17) is 16.3 Å². The SMILES string of the molecule is CCOC(=O)C1=C(C)NC(=O)C[C@H]1c1ccc(Cl)c([N+](=O)[O-])c1. The molecule has 0 aromatic heterocycles. The summed E-state index contributed by atoms with van der Waals surface area (Å²) in [5, 5.41) is 13.6. The zero-order valence-corrected chi connectivity index (χ0v) is 13.3. The molecule has 1 aliphatic rings. The zero-order valence-electron chi connectivity index (χ0n) is 12.6. The predicted molar refractivity (Wildman–Crippen MR) is 82.9 cm³/mol. The molecular formula is C15H15ClN2O5. The highest BCUT2D eigenvalue weighted by Gasteiger charge is 2.33. The molecule has 23 heavy (non-hydrogen) atoms. The third-order valence-corrected chi connectivity index (χ3v) is 3.85. The number of hydrogen-bond acceptors (Lipinski definition) is 5. The Bertz CT molecular complexity index is 714. The molecule has 0 saturated heterocycles. The highest BCUT2D eigenvalue weighted by atomic mass is 35.5. The number of hydrogen-bond donors (Lipinski definition) is 1. The molecule has 0 spiro atoms. The van der Waals surface area contributed by atoms with Crippen molar-refractivity contribution in [3.05, 3.63) is 50.2 Å². The van der Waals surface area contributed by atoms with Crippen molar-refractivity contribution in [1.29, 1.82) is 0 Å². The van der Waals surface area contributed by atoms with Crippen molar-refractivity contribution in [2.24, 2.45) is 0 Å². The highest BCUT2D eigenvalue weighted by Crippen LogP contribution is 2.36. The molecule has 0 fully saturated rings. The lowest BCUT2D eigenvalue weighted by molar-refractivity contribution is -0.384. The summed E-state index contributed by atoms with van der Waals surface area (Å²) >= 11 is 5.81. The van der Waals surface area contributed by atoms with Crippen LogP contribution in [0.15, 0.2) is 29.5 Å². The second-order valence-corrected chi connectivity index (χ2v) is 5.44. The number of halogens is 1. The van der Waals surface area contributed by atoms with E-state index in [-0.39, 0.29) is 29.6 Å². The average molecular weight is 339 g/mol. The first-order valence-corrected chi connectivity index (χ1v) is 7.34. The maximum Gasteiger partial charge on any atom is 0.336 e.